The molecule has 0 aliphatic carbocycles. The third kappa shape index (κ3) is 2.14. The summed E-state index contributed by atoms with van der Waals surface area (Å²) in [4.78, 5) is 13.8. The number of aromatic nitrogens is 3. The standard InChI is InChI=1S/C11H12N4O2S/c16-11(14-2-4-17-5-3-14)15-7-10(12-13-15)9-1-6-18-8-9/h1,6-8H,2-5H2. The molecule has 2 aromatic heterocycles. The van der Waals surface area contributed by atoms with Crippen molar-refractivity contribution in [1.82, 2.24) is 19.9 Å². The Labute approximate surface area is 108 Å². The van der Waals surface area contributed by atoms with Crippen LogP contribution in [0.1, 0.15) is 0 Å². The second kappa shape index (κ2) is 4.87. The number of carbonyl (C=O) groups is 1. The highest BCUT2D eigenvalue weighted by Crippen LogP contribution is 2.19. The predicted molar refractivity (Wildman–Crippen MR) is 66.5 cm³/mol. The highest BCUT2D eigenvalue weighted by Gasteiger charge is 2.20. The average molecular weight is 264 g/mol. The van der Waals surface area contributed by atoms with Gasteiger partial charge in [-0.25, -0.2) is 4.79 Å². The maximum absolute atomic E-state index is 12.1. The number of carbonyl (C=O) groups excluding carboxylic acids is 1. The van der Waals surface area contributed by atoms with Crippen molar-refractivity contribution < 1.29 is 9.53 Å². The van der Waals surface area contributed by atoms with Gasteiger partial charge in [0.25, 0.3) is 0 Å². The van der Waals surface area contributed by atoms with E-state index in [1.165, 1.54) is 4.68 Å². The Bertz CT molecular complexity index is 531. The monoisotopic (exact) mass is 264 g/mol. The number of amides is 1. The number of rotatable bonds is 1. The molecule has 1 aliphatic heterocycles. The largest absolute Gasteiger partial charge is 0.378 e. The third-order valence-electron chi connectivity index (χ3n) is 2.79. The van der Waals surface area contributed by atoms with Crippen molar-refractivity contribution in [3.8, 4) is 11.3 Å². The van der Waals surface area contributed by atoms with Crippen LogP contribution in [-0.2, 0) is 4.74 Å². The summed E-state index contributed by atoms with van der Waals surface area (Å²) in [6.07, 6.45) is 1.67. The van der Waals surface area contributed by atoms with Crippen molar-refractivity contribution in [1.29, 1.82) is 0 Å². The summed E-state index contributed by atoms with van der Waals surface area (Å²) in [5, 5.41) is 11.9. The molecule has 0 radical (unpaired) electrons. The van der Waals surface area contributed by atoms with E-state index in [2.05, 4.69) is 10.3 Å². The van der Waals surface area contributed by atoms with Crippen LogP contribution in [-0.4, -0.2) is 52.2 Å². The molecule has 6 nitrogen and oxygen atoms in total. The van der Waals surface area contributed by atoms with Crippen molar-refractivity contribution in [2.75, 3.05) is 26.3 Å². The second-order valence-electron chi connectivity index (χ2n) is 3.94. The Morgan fingerprint density at radius 1 is 1.39 bits per heavy atom. The molecule has 1 fully saturated rings. The molecule has 3 rings (SSSR count). The summed E-state index contributed by atoms with van der Waals surface area (Å²) in [6, 6.07) is 1.81. The Morgan fingerprint density at radius 3 is 2.94 bits per heavy atom. The first kappa shape index (κ1) is 11.4. The molecule has 0 saturated carbocycles. The molecule has 2 aromatic rings. The number of ether oxygens (including phenoxy) is 1. The second-order valence-corrected chi connectivity index (χ2v) is 4.72. The highest BCUT2D eigenvalue weighted by molar-refractivity contribution is 7.08. The zero-order valence-corrected chi connectivity index (χ0v) is 10.5. The number of thiophene rings is 1. The van der Waals surface area contributed by atoms with Crippen LogP contribution in [0.4, 0.5) is 4.79 Å². The van der Waals surface area contributed by atoms with E-state index in [-0.39, 0.29) is 6.03 Å². The van der Waals surface area contributed by atoms with E-state index in [0.717, 1.165) is 11.3 Å². The fraction of sp³-hybridized carbons (Fsp3) is 0.364. The van der Waals surface area contributed by atoms with Crippen molar-refractivity contribution in [3.63, 3.8) is 0 Å². The molecule has 0 N–H and O–H groups in total. The lowest BCUT2D eigenvalue weighted by molar-refractivity contribution is 0.0527. The van der Waals surface area contributed by atoms with Crippen LogP contribution < -0.4 is 0 Å². The summed E-state index contributed by atoms with van der Waals surface area (Å²) in [7, 11) is 0. The van der Waals surface area contributed by atoms with Gasteiger partial charge in [0.1, 0.15) is 5.69 Å². The lowest BCUT2D eigenvalue weighted by atomic mass is 10.3. The zero-order chi connectivity index (χ0) is 12.4. The van der Waals surface area contributed by atoms with E-state index >= 15 is 0 Å². The SMILES string of the molecule is O=C(N1CCOCC1)n1cc(-c2ccsc2)nn1. The molecule has 18 heavy (non-hydrogen) atoms. The molecular formula is C11H12N4O2S. The van der Waals surface area contributed by atoms with Gasteiger partial charge in [0, 0.05) is 24.0 Å². The summed E-state index contributed by atoms with van der Waals surface area (Å²) in [5.74, 6) is 0. The van der Waals surface area contributed by atoms with Crippen LogP contribution in [0.5, 0.6) is 0 Å². The van der Waals surface area contributed by atoms with Gasteiger partial charge in [0.15, 0.2) is 0 Å². The summed E-state index contributed by atoms with van der Waals surface area (Å²) < 4.78 is 6.50. The van der Waals surface area contributed by atoms with Gasteiger partial charge in [-0.2, -0.15) is 16.0 Å². The Kier molecular flexibility index (Phi) is 3.07. The van der Waals surface area contributed by atoms with Crippen LogP contribution >= 0.6 is 11.3 Å². The zero-order valence-electron chi connectivity index (χ0n) is 9.65. The average Bonchev–Trinajstić information content (AvgIpc) is 3.09. The molecular weight excluding hydrogens is 252 g/mol. The van der Waals surface area contributed by atoms with Gasteiger partial charge in [0.05, 0.1) is 19.4 Å². The van der Waals surface area contributed by atoms with Crippen LogP contribution in [0.15, 0.2) is 23.0 Å². The first-order chi connectivity index (χ1) is 8.84. The van der Waals surface area contributed by atoms with E-state index in [1.54, 1.807) is 22.4 Å². The minimum Gasteiger partial charge on any atom is -0.378 e. The molecule has 94 valence electrons. The normalized spacial score (nSPS) is 15.9. The molecule has 1 saturated heterocycles. The first-order valence-electron chi connectivity index (χ1n) is 5.66. The molecule has 1 aliphatic rings. The quantitative estimate of drug-likeness (QED) is 0.779. The van der Waals surface area contributed by atoms with E-state index < -0.39 is 0 Å². The van der Waals surface area contributed by atoms with E-state index in [9.17, 15) is 4.79 Å². The lowest BCUT2D eigenvalue weighted by Gasteiger charge is -2.25. The smallest absolute Gasteiger partial charge is 0.346 e. The third-order valence-corrected chi connectivity index (χ3v) is 3.47. The summed E-state index contributed by atoms with van der Waals surface area (Å²) in [5.41, 5.74) is 1.71. The van der Waals surface area contributed by atoms with Gasteiger partial charge in [-0.15, -0.1) is 5.10 Å². The van der Waals surface area contributed by atoms with Crippen LogP contribution in [0.25, 0.3) is 11.3 Å². The van der Waals surface area contributed by atoms with E-state index in [4.69, 9.17) is 4.74 Å². The number of hydrogen-bond donors (Lipinski definition) is 0. The molecule has 3 heterocycles. The van der Waals surface area contributed by atoms with Gasteiger partial charge in [-0.05, 0) is 11.4 Å². The van der Waals surface area contributed by atoms with Crippen molar-refractivity contribution in [2.24, 2.45) is 0 Å². The van der Waals surface area contributed by atoms with Gasteiger partial charge in [-0.1, -0.05) is 5.21 Å². The van der Waals surface area contributed by atoms with Crippen LogP contribution in [0.3, 0.4) is 0 Å². The highest BCUT2D eigenvalue weighted by atomic mass is 32.1. The molecule has 0 aromatic carbocycles. The van der Waals surface area contributed by atoms with Crippen LogP contribution in [0, 0.1) is 0 Å². The van der Waals surface area contributed by atoms with Gasteiger partial charge >= 0.3 is 6.03 Å². The van der Waals surface area contributed by atoms with E-state index in [0.29, 0.717) is 26.3 Å². The van der Waals surface area contributed by atoms with Crippen molar-refractivity contribution >= 4 is 17.4 Å². The lowest BCUT2D eigenvalue weighted by Crippen LogP contribution is -2.43. The minimum atomic E-state index is -0.146. The molecule has 7 heteroatoms. The minimum absolute atomic E-state index is 0.146. The topological polar surface area (TPSA) is 60.2 Å². The van der Waals surface area contributed by atoms with Crippen molar-refractivity contribution in [2.45, 2.75) is 0 Å². The van der Waals surface area contributed by atoms with Gasteiger partial charge in [-0.3, -0.25) is 0 Å². The van der Waals surface area contributed by atoms with Crippen molar-refractivity contribution in [3.05, 3.63) is 23.0 Å². The molecule has 0 unspecified atom stereocenters. The molecule has 1 amide bonds. The van der Waals surface area contributed by atoms with Gasteiger partial charge < -0.3 is 9.64 Å². The van der Waals surface area contributed by atoms with Crippen LogP contribution in [0.2, 0.25) is 0 Å². The maximum atomic E-state index is 12.1. The van der Waals surface area contributed by atoms with E-state index in [1.807, 2.05) is 16.8 Å². The fourth-order valence-electron chi connectivity index (χ4n) is 1.80. The maximum Gasteiger partial charge on any atom is 0.346 e. The fourth-order valence-corrected chi connectivity index (χ4v) is 2.45. The summed E-state index contributed by atoms with van der Waals surface area (Å²) in [6.45, 7) is 2.37. The first-order valence-corrected chi connectivity index (χ1v) is 6.61. The Hall–Kier alpha value is -1.73. The molecule has 0 atom stereocenters. The number of hydrogen-bond acceptors (Lipinski definition) is 5. The number of nitrogens with zero attached hydrogens (tertiary/aromatic N) is 4. The molecule has 0 bridgehead atoms. The van der Waals surface area contributed by atoms with Gasteiger partial charge in [0.2, 0.25) is 0 Å². The molecule has 0 spiro atoms. The Morgan fingerprint density at radius 2 is 2.22 bits per heavy atom. The Balaban J connectivity index is 1.78. The number of morpholine rings is 1. The predicted octanol–water partition coefficient (Wildman–Crippen LogP) is 1.31. The summed E-state index contributed by atoms with van der Waals surface area (Å²) >= 11 is 1.59.